The van der Waals surface area contributed by atoms with Gasteiger partial charge in [-0.3, -0.25) is 19.8 Å². The average molecular weight is 438 g/mol. The summed E-state index contributed by atoms with van der Waals surface area (Å²) in [6.45, 7) is 0.514. The third-order valence-corrected chi connectivity index (χ3v) is 5.05. The van der Waals surface area contributed by atoms with Crippen LogP contribution in [-0.4, -0.2) is 54.6 Å². The van der Waals surface area contributed by atoms with Crippen molar-refractivity contribution in [3.63, 3.8) is 0 Å². The van der Waals surface area contributed by atoms with Gasteiger partial charge >= 0.3 is 12.3 Å². The normalized spacial score (nSPS) is 15.6. The minimum absolute atomic E-state index is 0.276. The third-order valence-electron chi connectivity index (χ3n) is 5.05. The first-order chi connectivity index (χ1) is 14.7. The van der Waals surface area contributed by atoms with Crippen molar-refractivity contribution in [2.45, 2.75) is 19.6 Å². The second kappa shape index (κ2) is 9.65. The number of rotatable bonds is 7. The Hall–Kier alpha value is -3.34. The Morgan fingerprint density at radius 3 is 2.48 bits per heavy atom. The number of nitro groups is 1. The SMILES string of the molecule is CC(C(=O)Nc1cccc(F)c1)N1CCN(c2ccc([N+](=O)[O-])c(OC(F)F)c2)CC1. The van der Waals surface area contributed by atoms with Crippen molar-refractivity contribution in [1.29, 1.82) is 0 Å². The maximum atomic E-state index is 13.3. The maximum Gasteiger partial charge on any atom is 0.387 e. The van der Waals surface area contributed by atoms with Crippen molar-refractivity contribution in [2.75, 3.05) is 36.4 Å². The van der Waals surface area contributed by atoms with Gasteiger partial charge < -0.3 is 15.0 Å². The molecule has 166 valence electrons. The van der Waals surface area contributed by atoms with Gasteiger partial charge in [-0.1, -0.05) is 6.07 Å². The van der Waals surface area contributed by atoms with Crippen molar-refractivity contribution in [3.05, 3.63) is 58.4 Å². The molecule has 0 radical (unpaired) electrons. The quantitative estimate of drug-likeness (QED) is 0.526. The van der Waals surface area contributed by atoms with E-state index in [4.69, 9.17) is 0 Å². The lowest BCUT2D eigenvalue weighted by Gasteiger charge is -2.38. The van der Waals surface area contributed by atoms with E-state index >= 15 is 0 Å². The van der Waals surface area contributed by atoms with Crippen LogP contribution in [0.3, 0.4) is 0 Å². The Labute approximate surface area is 176 Å². The van der Waals surface area contributed by atoms with E-state index in [0.717, 1.165) is 6.07 Å². The molecule has 0 aromatic heterocycles. The van der Waals surface area contributed by atoms with Crippen molar-refractivity contribution in [2.24, 2.45) is 0 Å². The molecule has 1 unspecified atom stereocenters. The number of ether oxygens (including phenoxy) is 1. The molecule has 1 fully saturated rings. The van der Waals surface area contributed by atoms with Gasteiger partial charge in [0.1, 0.15) is 5.82 Å². The largest absolute Gasteiger partial charge is 0.427 e. The number of carbonyl (C=O) groups is 1. The summed E-state index contributed by atoms with van der Waals surface area (Å²) in [6, 6.07) is 8.98. The smallest absolute Gasteiger partial charge is 0.387 e. The van der Waals surface area contributed by atoms with Gasteiger partial charge in [-0.2, -0.15) is 8.78 Å². The second-order valence-corrected chi connectivity index (χ2v) is 6.99. The van der Waals surface area contributed by atoms with Gasteiger partial charge in [0.2, 0.25) is 11.7 Å². The van der Waals surface area contributed by atoms with E-state index in [2.05, 4.69) is 10.1 Å². The summed E-state index contributed by atoms with van der Waals surface area (Å²) >= 11 is 0. The Kier molecular flexibility index (Phi) is 6.95. The summed E-state index contributed by atoms with van der Waals surface area (Å²) in [5.41, 5.74) is 0.344. The summed E-state index contributed by atoms with van der Waals surface area (Å²) in [7, 11) is 0. The van der Waals surface area contributed by atoms with Gasteiger partial charge in [0.25, 0.3) is 0 Å². The van der Waals surface area contributed by atoms with Crippen molar-refractivity contribution in [3.8, 4) is 5.75 Å². The molecule has 2 aromatic carbocycles. The minimum Gasteiger partial charge on any atom is -0.427 e. The molecule has 1 aliphatic rings. The summed E-state index contributed by atoms with van der Waals surface area (Å²) in [5, 5.41) is 13.7. The van der Waals surface area contributed by atoms with Crippen LogP contribution < -0.4 is 15.0 Å². The summed E-state index contributed by atoms with van der Waals surface area (Å²) in [5.74, 6) is -1.22. The second-order valence-electron chi connectivity index (χ2n) is 6.99. The molecule has 2 aromatic rings. The van der Waals surface area contributed by atoms with Crippen LogP contribution in [0.15, 0.2) is 42.5 Å². The van der Waals surface area contributed by atoms with Gasteiger partial charge in [-0.25, -0.2) is 4.39 Å². The Morgan fingerprint density at radius 1 is 1.16 bits per heavy atom. The van der Waals surface area contributed by atoms with Crippen LogP contribution in [-0.2, 0) is 4.79 Å². The fourth-order valence-electron chi connectivity index (χ4n) is 3.39. The molecule has 31 heavy (non-hydrogen) atoms. The lowest BCUT2D eigenvalue weighted by molar-refractivity contribution is -0.386. The number of nitrogens with one attached hydrogen (secondary N) is 1. The number of amides is 1. The van der Waals surface area contributed by atoms with Crippen molar-refractivity contribution in [1.82, 2.24) is 4.90 Å². The van der Waals surface area contributed by atoms with Crippen LogP contribution in [0.5, 0.6) is 5.75 Å². The third kappa shape index (κ3) is 5.63. The molecular weight excluding hydrogens is 417 g/mol. The predicted octanol–water partition coefficient (Wildman–Crippen LogP) is 3.48. The van der Waals surface area contributed by atoms with E-state index in [1.807, 2.05) is 9.80 Å². The average Bonchev–Trinajstić information content (AvgIpc) is 2.72. The predicted molar refractivity (Wildman–Crippen MR) is 108 cm³/mol. The van der Waals surface area contributed by atoms with Gasteiger partial charge in [0, 0.05) is 49.7 Å². The Morgan fingerprint density at radius 2 is 1.87 bits per heavy atom. The van der Waals surface area contributed by atoms with Crippen molar-refractivity contribution >= 4 is 23.0 Å². The number of anilines is 2. The fraction of sp³-hybridized carbons (Fsp3) is 0.350. The fourth-order valence-corrected chi connectivity index (χ4v) is 3.39. The number of nitrogens with zero attached hydrogens (tertiary/aromatic N) is 3. The number of halogens is 3. The van der Waals surface area contributed by atoms with Crippen LogP contribution in [0.2, 0.25) is 0 Å². The van der Waals surface area contributed by atoms with Gasteiger partial charge in [0.05, 0.1) is 11.0 Å². The first kappa shape index (κ1) is 22.3. The van der Waals surface area contributed by atoms with E-state index in [-0.39, 0.29) is 5.91 Å². The highest BCUT2D eigenvalue weighted by molar-refractivity contribution is 5.94. The number of piperazine rings is 1. The summed E-state index contributed by atoms with van der Waals surface area (Å²) in [6.07, 6.45) is 0. The standard InChI is InChI=1S/C20H21F3N4O4/c1-13(19(28)24-15-4-2-3-14(21)11-15)25-7-9-26(10-8-25)16-5-6-17(27(29)30)18(12-16)31-20(22)23/h2-6,11-13,20H,7-10H2,1H3,(H,24,28). The van der Waals surface area contributed by atoms with E-state index in [0.29, 0.717) is 37.6 Å². The van der Waals surface area contributed by atoms with E-state index in [9.17, 15) is 28.1 Å². The molecule has 3 rings (SSSR count). The number of hydrogen-bond donors (Lipinski definition) is 1. The molecule has 8 nitrogen and oxygen atoms in total. The van der Waals surface area contributed by atoms with Gasteiger partial charge in [-0.05, 0) is 31.2 Å². The lowest BCUT2D eigenvalue weighted by atomic mass is 10.1. The topological polar surface area (TPSA) is 88.0 Å². The zero-order chi connectivity index (χ0) is 22.5. The summed E-state index contributed by atoms with van der Waals surface area (Å²) in [4.78, 5) is 26.5. The molecular formula is C20H21F3N4O4. The number of alkyl halides is 2. The molecule has 1 amide bonds. The van der Waals surface area contributed by atoms with Crippen LogP contribution in [0.1, 0.15) is 6.92 Å². The molecule has 11 heteroatoms. The number of nitro benzene ring substituents is 1. The number of carbonyl (C=O) groups excluding carboxylic acids is 1. The maximum absolute atomic E-state index is 13.3. The monoisotopic (exact) mass is 438 g/mol. The van der Waals surface area contributed by atoms with Gasteiger partial charge in [-0.15, -0.1) is 0 Å². The summed E-state index contributed by atoms with van der Waals surface area (Å²) < 4.78 is 42.8. The zero-order valence-electron chi connectivity index (χ0n) is 16.6. The lowest BCUT2D eigenvalue weighted by Crippen LogP contribution is -2.52. The first-order valence-electron chi connectivity index (χ1n) is 9.53. The highest BCUT2D eigenvalue weighted by Crippen LogP contribution is 2.33. The molecule has 1 aliphatic heterocycles. The molecule has 1 saturated heterocycles. The molecule has 0 saturated carbocycles. The highest BCUT2D eigenvalue weighted by Gasteiger charge is 2.27. The van der Waals surface area contributed by atoms with E-state index in [1.54, 1.807) is 13.0 Å². The van der Waals surface area contributed by atoms with Gasteiger partial charge in [0.15, 0.2) is 0 Å². The van der Waals surface area contributed by atoms with Crippen molar-refractivity contribution < 1.29 is 27.6 Å². The van der Waals surface area contributed by atoms with E-state index < -0.39 is 34.8 Å². The van der Waals surface area contributed by atoms with Crippen LogP contribution in [0, 0.1) is 15.9 Å². The molecule has 1 atom stereocenters. The number of benzene rings is 2. The van der Waals surface area contributed by atoms with E-state index in [1.165, 1.54) is 30.3 Å². The Balaban J connectivity index is 1.62. The number of hydrogen-bond acceptors (Lipinski definition) is 6. The molecule has 0 aliphatic carbocycles. The Bertz CT molecular complexity index is 952. The van der Waals surface area contributed by atoms with Crippen LogP contribution in [0.25, 0.3) is 0 Å². The highest BCUT2D eigenvalue weighted by atomic mass is 19.3. The zero-order valence-corrected chi connectivity index (χ0v) is 16.6. The van der Waals surface area contributed by atoms with Crippen LogP contribution >= 0.6 is 0 Å². The molecule has 1 heterocycles. The molecule has 1 N–H and O–H groups in total. The van der Waals surface area contributed by atoms with Crippen LogP contribution in [0.4, 0.5) is 30.2 Å². The first-order valence-corrected chi connectivity index (χ1v) is 9.53. The molecule has 0 spiro atoms. The molecule has 0 bridgehead atoms. The minimum atomic E-state index is -3.18.